The van der Waals surface area contributed by atoms with Gasteiger partial charge in [0.15, 0.2) is 5.78 Å². The molecule has 0 saturated carbocycles. The molecule has 0 amide bonds. The van der Waals surface area contributed by atoms with Crippen molar-refractivity contribution in [2.24, 2.45) is 0 Å². The van der Waals surface area contributed by atoms with E-state index >= 15 is 0 Å². The quantitative estimate of drug-likeness (QED) is 0.302. The number of alkyl halides is 2. The molecule has 11 heteroatoms. The number of nitrogens with zero attached hydrogens (tertiary/aromatic N) is 1. The van der Waals surface area contributed by atoms with Gasteiger partial charge >= 0.3 is 7.12 Å². The lowest BCUT2D eigenvalue weighted by Crippen LogP contribution is -2.41. The SMILES string of the molecule is CCC(=O)c1c(-c2ccc(C(F)F)cc2)oc2cc(N(C)S(C)(=O)=O)c(B3OC(C)(C)C(C)(C)O3)cc12. The van der Waals surface area contributed by atoms with E-state index in [9.17, 15) is 22.0 Å². The fourth-order valence-corrected chi connectivity index (χ4v) is 4.71. The number of carbonyl (C=O) groups excluding carboxylic acids is 1. The molecule has 0 spiro atoms. The Morgan fingerprint density at radius 3 is 2.11 bits per heavy atom. The van der Waals surface area contributed by atoms with E-state index in [0.717, 1.165) is 10.6 Å². The Hall–Kier alpha value is -2.76. The molecule has 0 atom stereocenters. The summed E-state index contributed by atoms with van der Waals surface area (Å²) in [6, 6.07) is 8.73. The summed E-state index contributed by atoms with van der Waals surface area (Å²) in [5, 5.41) is 0.454. The number of rotatable bonds is 7. The second-order valence-electron chi connectivity index (χ2n) is 10.2. The van der Waals surface area contributed by atoms with Crippen LogP contribution in [-0.4, -0.2) is 45.8 Å². The Kier molecular flexibility index (Phi) is 6.80. The molecule has 0 bridgehead atoms. The van der Waals surface area contributed by atoms with Gasteiger partial charge in [-0.05, 0) is 33.8 Å². The average molecular weight is 533 g/mol. The number of benzene rings is 2. The predicted molar refractivity (Wildman–Crippen MR) is 140 cm³/mol. The van der Waals surface area contributed by atoms with Gasteiger partial charge in [0.25, 0.3) is 6.43 Å². The average Bonchev–Trinajstić information content (AvgIpc) is 3.29. The summed E-state index contributed by atoms with van der Waals surface area (Å²) in [5.41, 5.74) is 0.176. The highest BCUT2D eigenvalue weighted by Crippen LogP contribution is 2.40. The Morgan fingerprint density at radius 2 is 1.62 bits per heavy atom. The Morgan fingerprint density at radius 1 is 1.05 bits per heavy atom. The minimum Gasteiger partial charge on any atom is -0.455 e. The van der Waals surface area contributed by atoms with Crippen LogP contribution in [0.25, 0.3) is 22.3 Å². The summed E-state index contributed by atoms with van der Waals surface area (Å²) in [6.07, 6.45) is -1.37. The van der Waals surface area contributed by atoms with Crippen LogP contribution in [-0.2, 0) is 19.3 Å². The van der Waals surface area contributed by atoms with Crippen LogP contribution in [0.2, 0.25) is 0 Å². The van der Waals surface area contributed by atoms with Crippen LogP contribution in [0.4, 0.5) is 14.5 Å². The van der Waals surface area contributed by atoms with E-state index in [2.05, 4.69) is 0 Å². The van der Waals surface area contributed by atoms with E-state index in [1.165, 1.54) is 31.3 Å². The van der Waals surface area contributed by atoms with Gasteiger partial charge in [0.2, 0.25) is 10.0 Å². The monoisotopic (exact) mass is 533 g/mol. The van der Waals surface area contributed by atoms with E-state index in [0.29, 0.717) is 16.4 Å². The van der Waals surface area contributed by atoms with Crippen LogP contribution in [0.1, 0.15) is 63.4 Å². The van der Waals surface area contributed by atoms with Gasteiger partial charge in [-0.3, -0.25) is 9.10 Å². The summed E-state index contributed by atoms with van der Waals surface area (Å²) in [6.45, 7) is 9.26. The van der Waals surface area contributed by atoms with Crippen molar-refractivity contribution >= 4 is 45.0 Å². The maximum Gasteiger partial charge on any atom is 0.497 e. The van der Waals surface area contributed by atoms with Gasteiger partial charge in [-0.2, -0.15) is 0 Å². The van der Waals surface area contributed by atoms with E-state index < -0.39 is 34.8 Å². The van der Waals surface area contributed by atoms with E-state index in [1.54, 1.807) is 19.1 Å². The van der Waals surface area contributed by atoms with Crippen molar-refractivity contribution in [2.75, 3.05) is 17.6 Å². The third kappa shape index (κ3) is 4.80. The highest BCUT2D eigenvalue weighted by molar-refractivity contribution is 7.92. The zero-order valence-electron chi connectivity index (χ0n) is 21.9. The second kappa shape index (κ2) is 9.22. The predicted octanol–water partition coefficient (Wildman–Crippen LogP) is 5.33. The first-order valence-electron chi connectivity index (χ1n) is 11.9. The van der Waals surface area contributed by atoms with Crippen molar-refractivity contribution in [2.45, 2.75) is 58.7 Å². The molecule has 7 nitrogen and oxygen atoms in total. The number of halogens is 2. The maximum atomic E-state index is 13.1. The van der Waals surface area contributed by atoms with Gasteiger partial charge in [0.1, 0.15) is 11.3 Å². The van der Waals surface area contributed by atoms with Crippen molar-refractivity contribution in [3.63, 3.8) is 0 Å². The summed E-state index contributed by atoms with van der Waals surface area (Å²) in [5.74, 6) is 0.0115. The van der Waals surface area contributed by atoms with E-state index in [-0.39, 0.29) is 40.4 Å². The fraction of sp³-hybridized carbons (Fsp3) is 0.423. The standard InChI is InChI=1S/C26H30BF2NO6S/c1-8-20(31)22-17-13-18(27-35-25(2,3)26(4,5)36-27)19(30(6)37(7,32)33)14-21(17)34-23(22)15-9-11-16(12-10-15)24(28)29/h9-14,24H,8H2,1-7H3. The number of ketones is 1. The molecule has 1 fully saturated rings. The van der Waals surface area contributed by atoms with Crippen molar-refractivity contribution < 1.29 is 35.7 Å². The van der Waals surface area contributed by atoms with Crippen molar-refractivity contribution in [3.05, 3.63) is 47.5 Å². The molecule has 1 aromatic heterocycles. The molecule has 2 aromatic carbocycles. The normalized spacial score (nSPS) is 17.1. The number of carbonyl (C=O) groups is 1. The second-order valence-corrected chi connectivity index (χ2v) is 12.2. The van der Waals surface area contributed by atoms with Gasteiger partial charge in [-0.15, -0.1) is 0 Å². The molecule has 198 valence electrons. The summed E-state index contributed by atoms with van der Waals surface area (Å²) < 4.78 is 70.9. The third-order valence-corrected chi connectivity index (χ3v) is 8.40. The lowest BCUT2D eigenvalue weighted by atomic mass is 9.76. The molecule has 37 heavy (non-hydrogen) atoms. The van der Waals surface area contributed by atoms with Crippen LogP contribution in [0, 0.1) is 0 Å². The van der Waals surface area contributed by atoms with Crippen LogP contribution in [0.3, 0.4) is 0 Å². The van der Waals surface area contributed by atoms with E-state index in [4.69, 9.17) is 13.7 Å². The molecular formula is C26H30BF2NO6S. The number of sulfonamides is 1. The maximum absolute atomic E-state index is 13.1. The van der Waals surface area contributed by atoms with Crippen molar-refractivity contribution in [1.29, 1.82) is 0 Å². The van der Waals surface area contributed by atoms with Crippen LogP contribution in [0.5, 0.6) is 0 Å². The lowest BCUT2D eigenvalue weighted by Gasteiger charge is -2.32. The number of hydrogen-bond acceptors (Lipinski definition) is 6. The molecule has 2 heterocycles. The van der Waals surface area contributed by atoms with Gasteiger partial charge < -0.3 is 13.7 Å². The Bertz CT molecular complexity index is 1450. The van der Waals surface area contributed by atoms with Gasteiger partial charge in [-0.25, -0.2) is 17.2 Å². The molecule has 1 aliphatic rings. The molecule has 3 aromatic rings. The van der Waals surface area contributed by atoms with Gasteiger partial charge in [0.05, 0.1) is 28.7 Å². The minimum absolute atomic E-state index is 0.150. The summed E-state index contributed by atoms with van der Waals surface area (Å²) >= 11 is 0. The highest BCUT2D eigenvalue weighted by atomic mass is 32.2. The van der Waals surface area contributed by atoms with Crippen LogP contribution < -0.4 is 9.77 Å². The van der Waals surface area contributed by atoms with Gasteiger partial charge in [0, 0.05) is 41.5 Å². The molecule has 1 saturated heterocycles. The molecule has 0 radical (unpaired) electrons. The van der Waals surface area contributed by atoms with Gasteiger partial charge in [-0.1, -0.05) is 31.2 Å². The third-order valence-electron chi connectivity index (χ3n) is 7.21. The topological polar surface area (TPSA) is 86.1 Å². The largest absolute Gasteiger partial charge is 0.497 e. The summed E-state index contributed by atoms with van der Waals surface area (Å²) in [7, 11) is -3.18. The Balaban J connectivity index is 1.99. The fourth-order valence-electron chi connectivity index (χ4n) is 4.20. The molecular weight excluding hydrogens is 503 g/mol. The van der Waals surface area contributed by atoms with Crippen LogP contribution in [0.15, 0.2) is 40.8 Å². The minimum atomic E-state index is -3.68. The van der Waals surface area contributed by atoms with E-state index in [1.807, 2.05) is 27.7 Å². The number of furan rings is 1. The number of anilines is 1. The Labute approximate surface area is 215 Å². The van der Waals surface area contributed by atoms with Crippen molar-refractivity contribution in [1.82, 2.24) is 0 Å². The van der Waals surface area contributed by atoms with Crippen LogP contribution >= 0.6 is 0 Å². The first-order chi connectivity index (χ1) is 17.1. The molecule has 0 unspecified atom stereocenters. The van der Waals surface area contributed by atoms with Crippen molar-refractivity contribution in [3.8, 4) is 11.3 Å². The lowest BCUT2D eigenvalue weighted by molar-refractivity contribution is 0.00578. The molecule has 0 N–H and O–H groups in total. The number of fused-ring (bicyclic) bond motifs is 1. The first-order valence-corrected chi connectivity index (χ1v) is 13.7. The molecule has 0 aliphatic carbocycles. The number of hydrogen-bond donors (Lipinski definition) is 0. The number of Topliss-reactive ketones (excluding diaryl/α,β-unsaturated/α-hetero) is 1. The highest BCUT2D eigenvalue weighted by Gasteiger charge is 2.52. The first kappa shape index (κ1) is 27.3. The molecule has 1 aliphatic heterocycles. The summed E-state index contributed by atoms with van der Waals surface area (Å²) in [4.78, 5) is 13.1. The smallest absolute Gasteiger partial charge is 0.455 e. The molecule has 4 rings (SSSR count). The zero-order valence-corrected chi connectivity index (χ0v) is 22.7. The zero-order chi connectivity index (χ0) is 27.5.